The maximum atomic E-state index is 13.1. The molecule has 0 aliphatic carbocycles. The standard InChI is InChI=1S/C26H18ClN9O7/c1-41-20-11-14(5-10-19(20)42-26(38)15-6-8-17(27)9-7-15)13-29-31-25(37)21-22(16-3-2-4-18(12-16)36(39)40)35(34-30-21)24-23(28)32-43-33-24/h2-13H,1H3,(H2,28,32)(H,31,37)/b29-13+. The Hall–Kier alpha value is -6.16. The fraction of sp³-hybridized carbons (Fsp3) is 0.0385. The van der Waals surface area contributed by atoms with Crippen molar-refractivity contribution < 1.29 is 28.6 Å². The molecule has 17 heteroatoms. The molecular weight excluding hydrogens is 586 g/mol. The van der Waals surface area contributed by atoms with Crippen LogP contribution in [0, 0.1) is 10.1 Å². The average Bonchev–Trinajstić information content (AvgIpc) is 3.64. The maximum Gasteiger partial charge on any atom is 0.343 e. The minimum atomic E-state index is -0.806. The van der Waals surface area contributed by atoms with Crippen LogP contribution in [0.2, 0.25) is 5.02 Å². The van der Waals surface area contributed by atoms with Crippen molar-refractivity contribution in [2.45, 2.75) is 0 Å². The molecule has 0 aliphatic heterocycles. The smallest absolute Gasteiger partial charge is 0.343 e. The Balaban J connectivity index is 1.37. The maximum absolute atomic E-state index is 13.1. The zero-order chi connectivity index (χ0) is 30.5. The van der Waals surface area contributed by atoms with Crippen LogP contribution in [0.25, 0.3) is 17.1 Å². The first-order valence-corrected chi connectivity index (χ1v) is 12.4. The van der Waals surface area contributed by atoms with Crippen LogP contribution in [0.3, 0.4) is 0 Å². The van der Waals surface area contributed by atoms with Gasteiger partial charge < -0.3 is 15.2 Å². The summed E-state index contributed by atoms with van der Waals surface area (Å²) in [5.41, 5.74) is 8.64. The zero-order valence-corrected chi connectivity index (χ0v) is 22.6. The highest BCUT2D eigenvalue weighted by atomic mass is 35.5. The van der Waals surface area contributed by atoms with Gasteiger partial charge in [0.15, 0.2) is 17.2 Å². The molecule has 0 fully saturated rings. The second-order valence-electron chi connectivity index (χ2n) is 8.48. The Morgan fingerprint density at radius 3 is 2.60 bits per heavy atom. The Labute approximate surface area is 245 Å². The number of carbonyl (C=O) groups excluding carboxylic acids is 2. The topological polar surface area (TPSA) is 216 Å². The number of nitrogen functional groups attached to an aromatic ring is 1. The molecular formula is C26H18ClN9O7. The van der Waals surface area contributed by atoms with Gasteiger partial charge in [-0.2, -0.15) is 9.78 Å². The number of methoxy groups -OCH3 is 1. The summed E-state index contributed by atoms with van der Waals surface area (Å²) < 4.78 is 16.5. The second-order valence-corrected chi connectivity index (χ2v) is 8.92. The third-order valence-electron chi connectivity index (χ3n) is 5.76. The van der Waals surface area contributed by atoms with Crippen LogP contribution < -0.4 is 20.6 Å². The molecule has 3 N–H and O–H groups in total. The third kappa shape index (κ3) is 6.13. The van der Waals surface area contributed by atoms with E-state index in [-0.39, 0.29) is 45.8 Å². The monoisotopic (exact) mass is 603 g/mol. The van der Waals surface area contributed by atoms with Crippen molar-refractivity contribution in [2.24, 2.45) is 5.10 Å². The van der Waals surface area contributed by atoms with Gasteiger partial charge in [0, 0.05) is 22.7 Å². The van der Waals surface area contributed by atoms with E-state index in [1.165, 1.54) is 61.9 Å². The normalized spacial score (nSPS) is 10.9. The molecule has 2 heterocycles. The Morgan fingerprint density at radius 1 is 1.12 bits per heavy atom. The summed E-state index contributed by atoms with van der Waals surface area (Å²) in [5, 5.41) is 30.8. The Bertz CT molecular complexity index is 1870. The van der Waals surface area contributed by atoms with Gasteiger partial charge in [0.05, 0.1) is 23.8 Å². The van der Waals surface area contributed by atoms with Crippen molar-refractivity contribution in [1.29, 1.82) is 0 Å². The number of carbonyl (C=O) groups is 2. The number of non-ortho nitro benzene ring substituents is 1. The van der Waals surface area contributed by atoms with E-state index in [0.717, 1.165) is 4.68 Å². The van der Waals surface area contributed by atoms with E-state index in [2.05, 4.69) is 35.8 Å². The summed E-state index contributed by atoms with van der Waals surface area (Å²) in [6, 6.07) is 16.3. The molecule has 2 aromatic heterocycles. The van der Waals surface area contributed by atoms with Crippen LogP contribution in [-0.2, 0) is 0 Å². The fourth-order valence-electron chi connectivity index (χ4n) is 3.76. The van der Waals surface area contributed by atoms with E-state index in [1.807, 2.05) is 0 Å². The number of nitrogens with zero attached hydrogens (tertiary/aromatic N) is 7. The predicted octanol–water partition coefficient (Wildman–Crippen LogP) is 3.45. The van der Waals surface area contributed by atoms with Gasteiger partial charge in [-0.3, -0.25) is 14.9 Å². The van der Waals surface area contributed by atoms with Crippen LogP contribution in [-0.4, -0.2) is 55.4 Å². The molecule has 0 radical (unpaired) electrons. The van der Waals surface area contributed by atoms with Crippen molar-refractivity contribution in [3.8, 4) is 28.6 Å². The fourth-order valence-corrected chi connectivity index (χ4v) is 3.88. The largest absolute Gasteiger partial charge is 0.493 e. The highest BCUT2D eigenvalue weighted by Gasteiger charge is 2.26. The van der Waals surface area contributed by atoms with Gasteiger partial charge >= 0.3 is 5.97 Å². The molecule has 16 nitrogen and oxygen atoms in total. The van der Waals surface area contributed by atoms with Gasteiger partial charge in [-0.1, -0.05) is 28.9 Å². The van der Waals surface area contributed by atoms with Crippen molar-refractivity contribution in [3.63, 3.8) is 0 Å². The van der Waals surface area contributed by atoms with E-state index in [0.29, 0.717) is 16.1 Å². The average molecular weight is 604 g/mol. The lowest BCUT2D eigenvalue weighted by molar-refractivity contribution is -0.384. The number of nitro groups is 1. The molecule has 0 saturated carbocycles. The minimum Gasteiger partial charge on any atom is -0.493 e. The Morgan fingerprint density at radius 2 is 1.91 bits per heavy atom. The number of hydrazone groups is 1. The van der Waals surface area contributed by atoms with Crippen LogP contribution in [0.15, 0.2) is 76.5 Å². The van der Waals surface area contributed by atoms with Gasteiger partial charge in [0.2, 0.25) is 11.6 Å². The first-order chi connectivity index (χ1) is 20.7. The summed E-state index contributed by atoms with van der Waals surface area (Å²) in [6.07, 6.45) is 1.31. The minimum absolute atomic E-state index is 0.0207. The van der Waals surface area contributed by atoms with Crippen molar-refractivity contribution in [2.75, 3.05) is 12.8 Å². The van der Waals surface area contributed by atoms with Gasteiger partial charge in [0.25, 0.3) is 11.6 Å². The number of nitrogens with one attached hydrogen (secondary N) is 1. The lowest BCUT2D eigenvalue weighted by Gasteiger charge is -2.10. The summed E-state index contributed by atoms with van der Waals surface area (Å²) >= 11 is 5.86. The number of rotatable bonds is 9. The number of amides is 1. The SMILES string of the molecule is COc1cc(/C=N/NC(=O)c2nnn(-c3nonc3N)c2-c2cccc([N+](=O)[O-])c2)ccc1OC(=O)c1ccc(Cl)cc1. The lowest BCUT2D eigenvalue weighted by Crippen LogP contribution is -2.19. The molecule has 0 atom stereocenters. The molecule has 216 valence electrons. The van der Waals surface area contributed by atoms with Gasteiger partial charge in [-0.05, 0) is 58.3 Å². The Kier molecular flexibility index (Phi) is 8.02. The number of hydrogen-bond donors (Lipinski definition) is 2. The molecule has 0 unspecified atom stereocenters. The summed E-state index contributed by atoms with van der Waals surface area (Å²) in [7, 11) is 1.40. The molecule has 5 rings (SSSR count). The van der Waals surface area contributed by atoms with Gasteiger partial charge in [-0.25, -0.2) is 14.8 Å². The number of esters is 1. The van der Waals surface area contributed by atoms with E-state index in [1.54, 1.807) is 18.2 Å². The lowest BCUT2D eigenvalue weighted by atomic mass is 10.1. The van der Waals surface area contributed by atoms with E-state index in [9.17, 15) is 19.7 Å². The number of nitro benzene ring substituents is 1. The molecule has 0 saturated heterocycles. The first-order valence-electron chi connectivity index (χ1n) is 12.0. The number of ether oxygens (including phenoxy) is 2. The number of benzene rings is 3. The van der Waals surface area contributed by atoms with Gasteiger partial charge in [0.1, 0.15) is 5.69 Å². The summed E-state index contributed by atoms with van der Waals surface area (Å²) in [6.45, 7) is 0. The second kappa shape index (κ2) is 12.1. The van der Waals surface area contributed by atoms with Gasteiger partial charge in [-0.15, -0.1) is 5.10 Å². The van der Waals surface area contributed by atoms with Crippen molar-refractivity contribution in [1.82, 2.24) is 30.7 Å². The van der Waals surface area contributed by atoms with Crippen molar-refractivity contribution >= 4 is 41.2 Å². The van der Waals surface area contributed by atoms with E-state index >= 15 is 0 Å². The van der Waals surface area contributed by atoms with E-state index < -0.39 is 16.8 Å². The summed E-state index contributed by atoms with van der Waals surface area (Å²) in [4.78, 5) is 36.4. The molecule has 5 aromatic rings. The van der Waals surface area contributed by atoms with Crippen molar-refractivity contribution in [3.05, 3.63) is 98.7 Å². The molecule has 0 bridgehead atoms. The highest BCUT2D eigenvalue weighted by Crippen LogP contribution is 2.30. The van der Waals surface area contributed by atoms with E-state index in [4.69, 9.17) is 26.8 Å². The number of halogens is 1. The molecule has 1 amide bonds. The highest BCUT2D eigenvalue weighted by molar-refractivity contribution is 6.30. The number of hydrogen-bond acceptors (Lipinski definition) is 13. The quantitative estimate of drug-likeness (QED) is 0.0814. The first kappa shape index (κ1) is 28.4. The van der Waals surface area contributed by atoms with Crippen LogP contribution >= 0.6 is 11.6 Å². The zero-order valence-electron chi connectivity index (χ0n) is 21.9. The number of aromatic nitrogens is 5. The molecule has 0 spiro atoms. The molecule has 0 aliphatic rings. The number of nitrogens with two attached hydrogens (primary N) is 1. The van der Waals surface area contributed by atoms with Crippen LogP contribution in [0.4, 0.5) is 11.5 Å². The van der Waals surface area contributed by atoms with Crippen LogP contribution in [0.1, 0.15) is 26.4 Å². The number of anilines is 1. The molecule has 43 heavy (non-hydrogen) atoms. The summed E-state index contributed by atoms with van der Waals surface area (Å²) in [5.74, 6) is -1.27. The third-order valence-corrected chi connectivity index (χ3v) is 6.01. The van der Waals surface area contributed by atoms with Crippen LogP contribution in [0.5, 0.6) is 11.5 Å². The molecule has 3 aromatic carbocycles. The predicted molar refractivity (Wildman–Crippen MR) is 150 cm³/mol.